The van der Waals surface area contributed by atoms with Crippen molar-refractivity contribution in [2.75, 3.05) is 12.4 Å². The van der Waals surface area contributed by atoms with Crippen LogP contribution < -0.4 is 5.32 Å². The van der Waals surface area contributed by atoms with Crippen LogP contribution in [0.4, 0.5) is 5.69 Å². The lowest BCUT2D eigenvalue weighted by atomic mass is 10.1. The predicted octanol–water partition coefficient (Wildman–Crippen LogP) is 2.23. The summed E-state index contributed by atoms with van der Waals surface area (Å²) in [5, 5.41) is 11.7. The zero-order chi connectivity index (χ0) is 13.7. The maximum atomic E-state index is 12.1. The minimum atomic E-state index is -0.239. The molecule has 0 aliphatic carbocycles. The zero-order valence-corrected chi connectivity index (χ0v) is 11.3. The molecule has 1 N–H and O–H groups in total. The highest BCUT2D eigenvalue weighted by molar-refractivity contribution is 5.95. The first-order valence-corrected chi connectivity index (χ1v) is 5.99. The molecule has 0 fully saturated rings. The number of nitrogens with one attached hydrogen (secondary N) is 1. The Kier molecular flexibility index (Phi) is 4.87. The van der Waals surface area contributed by atoms with Crippen molar-refractivity contribution in [3.05, 3.63) is 29.8 Å². The molecule has 0 radical (unpaired) electrons. The normalized spacial score (nSPS) is 12.3. The van der Waals surface area contributed by atoms with Gasteiger partial charge in [0.15, 0.2) is 0 Å². The van der Waals surface area contributed by atoms with Gasteiger partial charge >= 0.3 is 0 Å². The zero-order valence-electron chi connectivity index (χ0n) is 11.3. The van der Waals surface area contributed by atoms with Crippen LogP contribution >= 0.6 is 0 Å². The van der Waals surface area contributed by atoms with Gasteiger partial charge in [-0.05, 0) is 40.0 Å². The van der Waals surface area contributed by atoms with Gasteiger partial charge in [0.2, 0.25) is 5.91 Å². The van der Waals surface area contributed by atoms with Crippen LogP contribution in [0.1, 0.15) is 26.3 Å². The minimum absolute atomic E-state index is 0.103. The monoisotopic (exact) mass is 245 g/mol. The van der Waals surface area contributed by atoms with E-state index in [0.717, 1.165) is 0 Å². The quantitative estimate of drug-likeness (QED) is 0.885. The average Bonchev–Trinajstić information content (AvgIpc) is 2.37. The Bertz CT molecular complexity index is 462. The third kappa shape index (κ3) is 3.31. The summed E-state index contributed by atoms with van der Waals surface area (Å²) >= 11 is 0. The lowest BCUT2D eigenvalue weighted by Crippen LogP contribution is -2.43. The lowest BCUT2D eigenvalue weighted by Gasteiger charge is -2.27. The van der Waals surface area contributed by atoms with Gasteiger partial charge in [0.25, 0.3) is 0 Å². The van der Waals surface area contributed by atoms with Crippen molar-refractivity contribution in [2.45, 2.75) is 32.9 Å². The van der Waals surface area contributed by atoms with Crippen LogP contribution in [0.2, 0.25) is 0 Å². The summed E-state index contributed by atoms with van der Waals surface area (Å²) in [4.78, 5) is 14.0. The number of carbonyl (C=O) groups is 1. The number of carbonyl (C=O) groups excluding carboxylic acids is 1. The van der Waals surface area contributed by atoms with E-state index in [1.807, 2.05) is 32.7 Å². The summed E-state index contributed by atoms with van der Waals surface area (Å²) < 4.78 is 0. The fourth-order valence-corrected chi connectivity index (χ4v) is 1.56. The molecule has 0 aliphatic rings. The third-order valence-corrected chi connectivity index (χ3v) is 3.11. The summed E-state index contributed by atoms with van der Waals surface area (Å²) in [6.07, 6.45) is 0. The molecule has 0 aromatic heterocycles. The Morgan fingerprint density at radius 1 is 1.33 bits per heavy atom. The van der Waals surface area contributed by atoms with Crippen LogP contribution in [-0.4, -0.2) is 29.9 Å². The van der Waals surface area contributed by atoms with E-state index in [2.05, 4.69) is 11.4 Å². The van der Waals surface area contributed by atoms with E-state index in [1.54, 1.807) is 24.3 Å². The first kappa shape index (κ1) is 14.2. The number of para-hydroxylation sites is 1. The Morgan fingerprint density at radius 2 is 1.94 bits per heavy atom. The molecule has 0 saturated heterocycles. The van der Waals surface area contributed by atoms with E-state index in [1.165, 1.54) is 0 Å². The van der Waals surface area contributed by atoms with Gasteiger partial charge in [0, 0.05) is 6.04 Å². The van der Waals surface area contributed by atoms with Crippen LogP contribution in [-0.2, 0) is 4.79 Å². The Morgan fingerprint density at radius 3 is 2.50 bits per heavy atom. The predicted molar refractivity (Wildman–Crippen MR) is 72.1 cm³/mol. The maximum Gasteiger partial charge on any atom is 0.241 e. The maximum absolute atomic E-state index is 12.1. The molecule has 0 bridgehead atoms. The highest BCUT2D eigenvalue weighted by Gasteiger charge is 2.20. The van der Waals surface area contributed by atoms with Crippen LogP contribution in [0, 0.1) is 11.3 Å². The second kappa shape index (κ2) is 6.18. The molecule has 96 valence electrons. The fourth-order valence-electron chi connectivity index (χ4n) is 1.56. The summed E-state index contributed by atoms with van der Waals surface area (Å²) in [6, 6.07) is 9.11. The molecule has 4 heteroatoms. The number of benzene rings is 1. The van der Waals surface area contributed by atoms with E-state index in [-0.39, 0.29) is 18.0 Å². The van der Waals surface area contributed by atoms with Gasteiger partial charge in [0.1, 0.15) is 6.07 Å². The number of likely N-dealkylation sites (N-methyl/N-ethyl adjacent to an activating group) is 1. The van der Waals surface area contributed by atoms with Gasteiger partial charge in [-0.25, -0.2) is 0 Å². The van der Waals surface area contributed by atoms with Gasteiger partial charge in [0.05, 0.1) is 17.3 Å². The molecule has 0 saturated carbocycles. The molecular weight excluding hydrogens is 226 g/mol. The minimum Gasteiger partial charge on any atom is -0.324 e. The third-order valence-electron chi connectivity index (χ3n) is 3.11. The SMILES string of the molecule is CC(C)N(C)C(C)C(=O)Nc1ccccc1C#N. The standard InChI is InChI=1S/C14H19N3O/c1-10(2)17(4)11(3)14(18)16-13-8-6-5-7-12(13)9-15/h5-8,10-11H,1-4H3,(H,16,18). The second-order valence-electron chi connectivity index (χ2n) is 4.58. The Balaban J connectivity index is 2.79. The summed E-state index contributed by atoms with van der Waals surface area (Å²) in [5.74, 6) is -0.103. The largest absolute Gasteiger partial charge is 0.324 e. The lowest BCUT2D eigenvalue weighted by molar-refractivity contribution is -0.120. The molecule has 1 rings (SSSR count). The van der Waals surface area contributed by atoms with Gasteiger partial charge in [-0.1, -0.05) is 12.1 Å². The topological polar surface area (TPSA) is 56.1 Å². The Hall–Kier alpha value is -1.86. The summed E-state index contributed by atoms with van der Waals surface area (Å²) in [7, 11) is 1.91. The van der Waals surface area contributed by atoms with E-state index >= 15 is 0 Å². The Labute approximate surface area is 108 Å². The van der Waals surface area contributed by atoms with E-state index < -0.39 is 0 Å². The summed E-state index contributed by atoms with van der Waals surface area (Å²) in [6.45, 7) is 5.92. The summed E-state index contributed by atoms with van der Waals surface area (Å²) in [5.41, 5.74) is 1.04. The van der Waals surface area contributed by atoms with Crippen molar-refractivity contribution in [3.8, 4) is 6.07 Å². The van der Waals surface area contributed by atoms with Gasteiger partial charge in [-0.15, -0.1) is 0 Å². The van der Waals surface area contributed by atoms with Crippen LogP contribution in [0.5, 0.6) is 0 Å². The van der Waals surface area contributed by atoms with Crippen molar-refractivity contribution >= 4 is 11.6 Å². The van der Waals surface area contributed by atoms with Crippen molar-refractivity contribution in [1.29, 1.82) is 5.26 Å². The fraction of sp³-hybridized carbons (Fsp3) is 0.429. The van der Waals surface area contributed by atoms with Crippen LogP contribution in [0.15, 0.2) is 24.3 Å². The van der Waals surface area contributed by atoms with Crippen molar-refractivity contribution < 1.29 is 4.79 Å². The highest BCUT2D eigenvalue weighted by atomic mass is 16.2. The highest BCUT2D eigenvalue weighted by Crippen LogP contribution is 2.14. The second-order valence-corrected chi connectivity index (χ2v) is 4.58. The van der Waals surface area contributed by atoms with Crippen molar-refractivity contribution in [2.24, 2.45) is 0 Å². The number of hydrogen-bond acceptors (Lipinski definition) is 3. The number of hydrogen-bond donors (Lipinski definition) is 1. The molecule has 18 heavy (non-hydrogen) atoms. The number of amides is 1. The molecule has 1 aromatic rings. The van der Waals surface area contributed by atoms with Crippen molar-refractivity contribution in [1.82, 2.24) is 4.90 Å². The number of nitriles is 1. The van der Waals surface area contributed by atoms with Crippen molar-refractivity contribution in [3.63, 3.8) is 0 Å². The van der Waals surface area contributed by atoms with Crippen LogP contribution in [0.25, 0.3) is 0 Å². The molecule has 4 nitrogen and oxygen atoms in total. The van der Waals surface area contributed by atoms with Gasteiger partial charge < -0.3 is 5.32 Å². The molecule has 0 spiro atoms. The molecule has 0 heterocycles. The first-order chi connectivity index (χ1) is 8.47. The number of anilines is 1. The van der Waals surface area contributed by atoms with E-state index in [0.29, 0.717) is 11.3 Å². The molecule has 0 aliphatic heterocycles. The number of nitrogens with zero attached hydrogens (tertiary/aromatic N) is 2. The van der Waals surface area contributed by atoms with Crippen LogP contribution in [0.3, 0.4) is 0 Å². The van der Waals surface area contributed by atoms with E-state index in [9.17, 15) is 4.79 Å². The van der Waals surface area contributed by atoms with Gasteiger partial charge in [-0.3, -0.25) is 9.69 Å². The molecule has 1 aromatic carbocycles. The smallest absolute Gasteiger partial charge is 0.241 e. The molecule has 1 unspecified atom stereocenters. The molecular formula is C14H19N3O. The average molecular weight is 245 g/mol. The molecule has 1 amide bonds. The molecule has 1 atom stereocenters. The van der Waals surface area contributed by atoms with E-state index in [4.69, 9.17) is 5.26 Å². The first-order valence-electron chi connectivity index (χ1n) is 5.99. The van der Waals surface area contributed by atoms with Gasteiger partial charge in [-0.2, -0.15) is 5.26 Å². The number of rotatable bonds is 4.